The fourth-order valence-corrected chi connectivity index (χ4v) is 2.42. The van der Waals surface area contributed by atoms with Crippen molar-refractivity contribution in [2.75, 3.05) is 18.5 Å². The Hall–Kier alpha value is -1.16. The first-order valence-electron chi connectivity index (χ1n) is 7.44. The number of hydrogen-bond donors (Lipinski definition) is 1. The summed E-state index contributed by atoms with van der Waals surface area (Å²) in [5.74, 6) is 1.78. The summed E-state index contributed by atoms with van der Waals surface area (Å²) in [6, 6.07) is 2.07. The summed E-state index contributed by atoms with van der Waals surface area (Å²) in [7, 11) is 0. The Morgan fingerprint density at radius 3 is 2.79 bits per heavy atom. The zero-order chi connectivity index (χ0) is 13.7. The fraction of sp³-hybridized carbons (Fsp3) is 0.733. The Morgan fingerprint density at radius 1 is 1.32 bits per heavy atom. The molecule has 1 N–H and O–H groups in total. The van der Waals surface area contributed by atoms with Crippen LogP contribution in [0.1, 0.15) is 58.0 Å². The minimum atomic E-state index is -0.299. The molecule has 2 heterocycles. The van der Waals surface area contributed by atoms with Crippen LogP contribution in [-0.2, 0) is 16.8 Å². The Balaban J connectivity index is 2.27. The summed E-state index contributed by atoms with van der Waals surface area (Å²) in [5.41, 5.74) is 0.815. The molecule has 0 saturated carbocycles. The van der Waals surface area contributed by atoms with E-state index in [4.69, 9.17) is 9.72 Å². The number of aryl methyl sites for hydroxylation is 1. The lowest BCUT2D eigenvalue weighted by Crippen LogP contribution is -2.24. The van der Waals surface area contributed by atoms with E-state index in [0.29, 0.717) is 0 Å². The number of rotatable bonds is 6. The second-order valence-corrected chi connectivity index (χ2v) is 5.43. The second-order valence-electron chi connectivity index (χ2n) is 5.43. The smallest absolute Gasteiger partial charge is 0.162 e. The molecule has 0 amide bonds. The van der Waals surface area contributed by atoms with Crippen molar-refractivity contribution < 1.29 is 4.74 Å². The maximum Gasteiger partial charge on any atom is 0.162 e. The van der Waals surface area contributed by atoms with E-state index in [2.05, 4.69) is 37.1 Å². The van der Waals surface area contributed by atoms with E-state index in [1.165, 1.54) is 0 Å². The average molecular weight is 263 g/mol. The molecule has 0 aromatic carbocycles. The third kappa shape index (κ3) is 3.44. The van der Waals surface area contributed by atoms with Gasteiger partial charge in [0.2, 0.25) is 0 Å². The number of aromatic nitrogens is 2. The van der Waals surface area contributed by atoms with Crippen LogP contribution in [0, 0.1) is 0 Å². The van der Waals surface area contributed by atoms with Gasteiger partial charge < -0.3 is 10.1 Å². The van der Waals surface area contributed by atoms with Gasteiger partial charge in [0.05, 0.1) is 0 Å². The summed E-state index contributed by atoms with van der Waals surface area (Å²) >= 11 is 0. The van der Waals surface area contributed by atoms with Gasteiger partial charge in [-0.3, -0.25) is 0 Å². The molecule has 1 unspecified atom stereocenters. The van der Waals surface area contributed by atoms with Crippen LogP contribution < -0.4 is 5.32 Å². The number of hydrogen-bond acceptors (Lipinski definition) is 4. The molecule has 1 aliphatic heterocycles. The average Bonchev–Trinajstić information content (AvgIpc) is 2.85. The van der Waals surface area contributed by atoms with Crippen molar-refractivity contribution in [3.8, 4) is 0 Å². The first kappa shape index (κ1) is 14.3. The number of ether oxygens (including phenoxy) is 1. The van der Waals surface area contributed by atoms with E-state index in [-0.39, 0.29) is 5.60 Å². The molecule has 0 spiro atoms. The topological polar surface area (TPSA) is 47.0 Å². The summed E-state index contributed by atoms with van der Waals surface area (Å²) in [5, 5.41) is 3.37. The Morgan fingerprint density at radius 2 is 2.16 bits per heavy atom. The molecule has 2 rings (SSSR count). The standard InChI is InChI=1S/C15H25N3O/c1-4-7-12-11-13(16-9-5-2)18-14(17-12)15(3)8-6-10-19-15/h11H,4-10H2,1-3H3,(H,16,17,18). The molecule has 19 heavy (non-hydrogen) atoms. The van der Waals surface area contributed by atoms with Gasteiger partial charge in [0.25, 0.3) is 0 Å². The van der Waals surface area contributed by atoms with Crippen LogP contribution in [0.4, 0.5) is 5.82 Å². The van der Waals surface area contributed by atoms with E-state index in [9.17, 15) is 0 Å². The molecule has 1 atom stereocenters. The highest BCUT2D eigenvalue weighted by atomic mass is 16.5. The lowest BCUT2D eigenvalue weighted by Gasteiger charge is -2.22. The maximum absolute atomic E-state index is 5.87. The van der Waals surface area contributed by atoms with Gasteiger partial charge in [0, 0.05) is 24.9 Å². The molecule has 4 heteroatoms. The third-order valence-electron chi connectivity index (χ3n) is 3.53. The summed E-state index contributed by atoms with van der Waals surface area (Å²) in [6.07, 6.45) is 5.29. The van der Waals surface area contributed by atoms with Crippen LogP contribution in [0.3, 0.4) is 0 Å². The molecule has 0 aliphatic carbocycles. The maximum atomic E-state index is 5.87. The van der Waals surface area contributed by atoms with Gasteiger partial charge in [-0.15, -0.1) is 0 Å². The van der Waals surface area contributed by atoms with E-state index >= 15 is 0 Å². The quantitative estimate of drug-likeness (QED) is 0.855. The first-order valence-corrected chi connectivity index (χ1v) is 7.44. The third-order valence-corrected chi connectivity index (χ3v) is 3.53. The van der Waals surface area contributed by atoms with Crippen molar-refractivity contribution in [2.45, 2.75) is 58.5 Å². The van der Waals surface area contributed by atoms with Gasteiger partial charge in [0.15, 0.2) is 5.82 Å². The predicted octanol–water partition coefficient (Wildman–Crippen LogP) is 3.28. The van der Waals surface area contributed by atoms with Crippen LogP contribution in [0.25, 0.3) is 0 Å². The van der Waals surface area contributed by atoms with Crippen molar-refractivity contribution in [3.05, 3.63) is 17.6 Å². The van der Waals surface area contributed by atoms with E-state index in [1.807, 2.05) is 0 Å². The van der Waals surface area contributed by atoms with E-state index in [0.717, 1.165) is 62.6 Å². The molecule has 0 bridgehead atoms. The zero-order valence-electron chi connectivity index (χ0n) is 12.3. The van der Waals surface area contributed by atoms with Crippen molar-refractivity contribution in [1.82, 2.24) is 9.97 Å². The number of nitrogens with one attached hydrogen (secondary N) is 1. The molecule has 1 aliphatic rings. The molecule has 1 saturated heterocycles. The fourth-order valence-electron chi connectivity index (χ4n) is 2.42. The lowest BCUT2D eigenvalue weighted by molar-refractivity contribution is 0.00926. The van der Waals surface area contributed by atoms with Crippen LogP contribution in [0.2, 0.25) is 0 Å². The zero-order valence-corrected chi connectivity index (χ0v) is 12.3. The summed E-state index contributed by atoms with van der Waals surface area (Å²) in [6.45, 7) is 8.20. The molecule has 106 valence electrons. The highest BCUT2D eigenvalue weighted by Gasteiger charge is 2.35. The van der Waals surface area contributed by atoms with Gasteiger partial charge in [-0.05, 0) is 32.6 Å². The largest absolute Gasteiger partial charge is 0.370 e. The van der Waals surface area contributed by atoms with Gasteiger partial charge in [0.1, 0.15) is 11.4 Å². The minimum absolute atomic E-state index is 0.299. The van der Waals surface area contributed by atoms with E-state index in [1.54, 1.807) is 0 Å². The lowest BCUT2D eigenvalue weighted by atomic mass is 10.0. The van der Waals surface area contributed by atoms with Crippen LogP contribution in [0.15, 0.2) is 6.07 Å². The van der Waals surface area contributed by atoms with Gasteiger partial charge >= 0.3 is 0 Å². The Labute approximate surface area is 116 Å². The predicted molar refractivity (Wildman–Crippen MR) is 77.3 cm³/mol. The van der Waals surface area contributed by atoms with Gasteiger partial charge in [-0.2, -0.15) is 0 Å². The van der Waals surface area contributed by atoms with E-state index < -0.39 is 0 Å². The van der Waals surface area contributed by atoms with Crippen LogP contribution in [0.5, 0.6) is 0 Å². The SMILES string of the molecule is CCCNc1cc(CCC)nc(C2(C)CCCO2)n1. The monoisotopic (exact) mass is 263 g/mol. The van der Waals surface area contributed by atoms with Gasteiger partial charge in [-0.25, -0.2) is 9.97 Å². The first-order chi connectivity index (χ1) is 9.18. The number of nitrogens with zero attached hydrogens (tertiary/aromatic N) is 2. The normalized spacial score (nSPS) is 22.7. The van der Waals surface area contributed by atoms with Gasteiger partial charge in [-0.1, -0.05) is 20.3 Å². The van der Waals surface area contributed by atoms with Crippen molar-refractivity contribution in [2.24, 2.45) is 0 Å². The molecule has 1 aromatic heterocycles. The van der Waals surface area contributed by atoms with Crippen molar-refractivity contribution in [3.63, 3.8) is 0 Å². The summed E-state index contributed by atoms with van der Waals surface area (Å²) in [4.78, 5) is 9.37. The molecule has 1 fully saturated rings. The number of anilines is 1. The second kappa shape index (κ2) is 6.33. The molecule has 4 nitrogen and oxygen atoms in total. The van der Waals surface area contributed by atoms with Crippen molar-refractivity contribution >= 4 is 5.82 Å². The minimum Gasteiger partial charge on any atom is -0.370 e. The molecular weight excluding hydrogens is 238 g/mol. The Bertz CT molecular complexity index is 414. The van der Waals surface area contributed by atoms with Crippen LogP contribution >= 0.6 is 0 Å². The van der Waals surface area contributed by atoms with Crippen molar-refractivity contribution in [1.29, 1.82) is 0 Å². The highest BCUT2D eigenvalue weighted by molar-refractivity contribution is 5.37. The Kier molecular flexibility index (Phi) is 4.75. The van der Waals surface area contributed by atoms with Crippen LogP contribution in [-0.4, -0.2) is 23.1 Å². The molecular formula is C15H25N3O. The molecule has 0 radical (unpaired) electrons. The highest BCUT2D eigenvalue weighted by Crippen LogP contribution is 2.34. The summed E-state index contributed by atoms with van der Waals surface area (Å²) < 4.78 is 5.87. The molecule has 1 aromatic rings.